The van der Waals surface area contributed by atoms with Crippen LogP contribution in [0.2, 0.25) is 0 Å². The van der Waals surface area contributed by atoms with Gasteiger partial charge in [-0.05, 0) is 36.1 Å². The minimum Gasteiger partial charge on any atom is -0.505 e. The van der Waals surface area contributed by atoms with Crippen molar-refractivity contribution in [3.05, 3.63) is 192 Å². The van der Waals surface area contributed by atoms with Crippen LogP contribution in [0.5, 0.6) is 11.5 Å². The second-order valence-electron chi connectivity index (χ2n) is 13.7. The van der Waals surface area contributed by atoms with E-state index in [0.29, 0.717) is 33.1 Å². The van der Waals surface area contributed by atoms with E-state index >= 15 is 0 Å². The molecule has 0 saturated carbocycles. The van der Waals surface area contributed by atoms with E-state index in [1.54, 1.807) is 36.4 Å². The van der Waals surface area contributed by atoms with Crippen LogP contribution in [-0.2, 0) is 0 Å². The van der Waals surface area contributed by atoms with Crippen LogP contribution >= 0.6 is 12.4 Å². The van der Waals surface area contributed by atoms with Crippen LogP contribution in [0.1, 0.15) is 70.6 Å². The van der Waals surface area contributed by atoms with E-state index in [-0.39, 0.29) is 58.7 Å². The Hall–Kier alpha value is -7.07. The van der Waals surface area contributed by atoms with E-state index in [4.69, 9.17) is 5.73 Å². The van der Waals surface area contributed by atoms with Gasteiger partial charge in [0.1, 0.15) is 17.0 Å². The fraction of sp³-hybridized carbons (Fsp3) is 0.120. The van der Waals surface area contributed by atoms with E-state index in [0.717, 1.165) is 24.0 Å². The predicted octanol–water partition coefficient (Wildman–Crippen LogP) is 11.3. The van der Waals surface area contributed by atoms with Crippen molar-refractivity contribution in [2.45, 2.75) is 38.8 Å². The minimum absolute atomic E-state index is 0. The third-order valence-corrected chi connectivity index (χ3v) is 9.85. The van der Waals surface area contributed by atoms with Gasteiger partial charge in [0, 0.05) is 27.9 Å². The SMILES string of the molecule is CC[C@H](N)c1ccccc1.CC[C@H](NC(=O)c1c(O)c(-c2ccccc2)nc2ccccc12)c1ccccc1.Cl.O=C(O)c1c(O)c(-c2ccccc2)nc2ccccc12. The number of carbonyl (C=O) groups is 2. The lowest BCUT2D eigenvalue weighted by Gasteiger charge is -2.19. The molecule has 0 aliphatic carbocycles. The molecule has 10 heteroatoms. The number of halogens is 1. The van der Waals surface area contributed by atoms with Crippen LogP contribution in [0.3, 0.4) is 0 Å². The van der Waals surface area contributed by atoms with Gasteiger partial charge in [0.15, 0.2) is 11.5 Å². The number of hydrogen-bond acceptors (Lipinski definition) is 7. The molecule has 8 rings (SSSR count). The molecule has 0 spiro atoms. The third kappa shape index (κ3) is 10.3. The number of nitrogens with two attached hydrogens (primary N) is 1. The monoisotopic (exact) mass is 818 g/mol. The van der Waals surface area contributed by atoms with Gasteiger partial charge in [0.2, 0.25) is 0 Å². The minimum atomic E-state index is -1.17. The Morgan fingerprint density at radius 1 is 0.550 bits per heavy atom. The standard InChI is InChI=1S/C25H22N2O2.C16H11NO3.C9H13N.ClH/c1-2-20(17-11-5-3-6-12-17)27-25(29)22-19-15-9-10-16-21(19)26-23(24(22)28)18-13-7-4-8-14-18;18-15-13(16(19)20)11-8-4-5-9-12(11)17-14(15)10-6-2-1-3-7-10;1-2-9(10)8-6-4-3-5-7-8;/h3-16,20,28H,2H2,1H3,(H,27,29);1-9,18H,(H,19,20);3-7,9H,2,10H2,1H3;1H/t20-;;9-;/m0.0./s1. The zero-order chi connectivity index (χ0) is 41.7. The molecule has 1 amide bonds. The lowest BCUT2D eigenvalue weighted by atomic mass is 10.00. The Labute approximate surface area is 355 Å². The summed E-state index contributed by atoms with van der Waals surface area (Å²) >= 11 is 0. The molecule has 2 heterocycles. The van der Waals surface area contributed by atoms with Gasteiger partial charge in [-0.15, -0.1) is 12.4 Å². The van der Waals surface area contributed by atoms with E-state index in [9.17, 15) is 24.9 Å². The average Bonchev–Trinajstić information content (AvgIpc) is 3.29. The highest BCUT2D eigenvalue weighted by atomic mass is 35.5. The first kappa shape index (κ1) is 44.0. The van der Waals surface area contributed by atoms with Crippen molar-refractivity contribution >= 4 is 46.1 Å². The molecule has 6 N–H and O–H groups in total. The zero-order valence-corrected chi connectivity index (χ0v) is 34.1. The Morgan fingerprint density at radius 3 is 1.37 bits per heavy atom. The molecule has 0 aliphatic heterocycles. The smallest absolute Gasteiger partial charge is 0.340 e. The number of carbonyl (C=O) groups excluding carboxylic acids is 1. The maximum Gasteiger partial charge on any atom is 0.340 e. The Kier molecular flexibility index (Phi) is 15.5. The van der Waals surface area contributed by atoms with Crippen molar-refractivity contribution in [1.82, 2.24) is 15.3 Å². The number of benzene rings is 6. The number of rotatable bonds is 9. The summed E-state index contributed by atoms with van der Waals surface area (Å²) in [6.45, 7) is 4.12. The number of aromatic carboxylic acids is 1. The quantitative estimate of drug-likeness (QED) is 0.0962. The normalized spacial score (nSPS) is 11.4. The first-order chi connectivity index (χ1) is 28.7. The second-order valence-corrected chi connectivity index (χ2v) is 13.7. The molecule has 6 aromatic carbocycles. The summed E-state index contributed by atoms with van der Waals surface area (Å²) in [5.41, 5.74) is 11.5. The van der Waals surface area contributed by atoms with Crippen LogP contribution in [0.15, 0.2) is 170 Å². The van der Waals surface area contributed by atoms with Crippen molar-refractivity contribution in [1.29, 1.82) is 0 Å². The van der Waals surface area contributed by atoms with Crippen LogP contribution in [0.4, 0.5) is 0 Å². The van der Waals surface area contributed by atoms with Gasteiger partial charge in [-0.1, -0.05) is 172 Å². The molecule has 0 saturated heterocycles. The molecule has 60 heavy (non-hydrogen) atoms. The van der Waals surface area contributed by atoms with Crippen LogP contribution in [0, 0.1) is 0 Å². The molecular weight excluding hydrogens is 772 g/mol. The summed E-state index contributed by atoms with van der Waals surface area (Å²) in [5, 5.41) is 34.8. The van der Waals surface area contributed by atoms with Gasteiger partial charge in [0.25, 0.3) is 5.91 Å². The maximum absolute atomic E-state index is 13.3. The molecule has 0 aliphatic rings. The number of carboxylic acid groups (broad SMARTS) is 1. The summed E-state index contributed by atoms with van der Waals surface area (Å²) in [6, 6.07) is 52.8. The van der Waals surface area contributed by atoms with Gasteiger partial charge < -0.3 is 26.4 Å². The first-order valence-electron chi connectivity index (χ1n) is 19.5. The van der Waals surface area contributed by atoms with Crippen molar-refractivity contribution < 1.29 is 24.9 Å². The number of nitrogens with zero attached hydrogens (tertiary/aromatic N) is 2. The summed E-state index contributed by atoms with van der Waals surface area (Å²) in [5.74, 6) is -1.88. The number of hydrogen-bond donors (Lipinski definition) is 5. The fourth-order valence-corrected chi connectivity index (χ4v) is 6.72. The second kappa shape index (κ2) is 21.1. The number of nitrogens with one attached hydrogen (secondary N) is 1. The van der Waals surface area contributed by atoms with Crippen LogP contribution in [-0.4, -0.2) is 37.2 Å². The van der Waals surface area contributed by atoms with Crippen LogP contribution < -0.4 is 11.1 Å². The highest BCUT2D eigenvalue weighted by Gasteiger charge is 2.24. The molecule has 2 atom stereocenters. The number of pyridine rings is 2. The van der Waals surface area contributed by atoms with Crippen molar-refractivity contribution in [2.24, 2.45) is 5.73 Å². The van der Waals surface area contributed by atoms with Crippen molar-refractivity contribution in [3.8, 4) is 34.0 Å². The summed E-state index contributed by atoms with van der Waals surface area (Å²) in [7, 11) is 0. The van der Waals surface area contributed by atoms with Gasteiger partial charge >= 0.3 is 5.97 Å². The predicted molar refractivity (Wildman–Crippen MR) is 242 cm³/mol. The number of aromatic hydroxyl groups is 2. The molecule has 8 aromatic rings. The Balaban J connectivity index is 0.000000190. The third-order valence-electron chi connectivity index (χ3n) is 9.85. The van der Waals surface area contributed by atoms with E-state index in [1.165, 1.54) is 5.56 Å². The molecule has 9 nitrogen and oxygen atoms in total. The lowest BCUT2D eigenvalue weighted by Crippen LogP contribution is -2.28. The number of fused-ring (bicyclic) bond motifs is 2. The van der Waals surface area contributed by atoms with Gasteiger partial charge in [-0.3, -0.25) is 4.79 Å². The highest BCUT2D eigenvalue weighted by molar-refractivity contribution is 6.10. The molecule has 0 bridgehead atoms. The number of carboxylic acids is 1. The Bertz CT molecular complexity index is 2650. The zero-order valence-electron chi connectivity index (χ0n) is 33.3. The summed E-state index contributed by atoms with van der Waals surface area (Å²) < 4.78 is 0. The number of aromatic nitrogens is 2. The number of para-hydroxylation sites is 2. The van der Waals surface area contributed by atoms with Gasteiger partial charge in [-0.2, -0.15) is 0 Å². The van der Waals surface area contributed by atoms with Crippen LogP contribution in [0.25, 0.3) is 44.3 Å². The summed E-state index contributed by atoms with van der Waals surface area (Å²) in [4.78, 5) is 33.7. The first-order valence-corrected chi connectivity index (χ1v) is 19.5. The molecule has 304 valence electrons. The maximum atomic E-state index is 13.3. The largest absolute Gasteiger partial charge is 0.505 e. The highest BCUT2D eigenvalue weighted by Crippen LogP contribution is 2.37. The summed E-state index contributed by atoms with van der Waals surface area (Å²) in [6.07, 6.45) is 1.75. The van der Waals surface area contributed by atoms with E-state index in [1.807, 2.05) is 128 Å². The average molecular weight is 819 g/mol. The molecule has 2 aromatic heterocycles. The lowest BCUT2D eigenvalue weighted by molar-refractivity contribution is 0.0695. The van der Waals surface area contributed by atoms with Crippen molar-refractivity contribution in [3.63, 3.8) is 0 Å². The van der Waals surface area contributed by atoms with Crippen molar-refractivity contribution in [2.75, 3.05) is 0 Å². The fourth-order valence-electron chi connectivity index (χ4n) is 6.72. The number of amides is 1. The molecule has 0 unspecified atom stereocenters. The topological polar surface area (TPSA) is 159 Å². The molecule has 0 fully saturated rings. The van der Waals surface area contributed by atoms with Gasteiger partial charge in [-0.25, -0.2) is 14.8 Å². The van der Waals surface area contributed by atoms with Gasteiger partial charge in [0.05, 0.1) is 22.6 Å². The molecular formula is C50H47ClN4O5. The Morgan fingerprint density at radius 2 is 0.933 bits per heavy atom. The van der Waals surface area contributed by atoms with E-state index < -0.39 is 5.97 Å². The van der Waals surface area contributed by atoms with E-state index in [2.05, 4.69) is 34.3 Å². The molecule has 0 radical (unpaired) electrons.